The molecule has 6 nitrogen and oxygen atoms in total. The van der Waals surface area contributed by atoms with E-state index in [9.17, 15) is 9.18 Å². The van der Waals surface area contributed by atoms with E-state index < -0.39 is 5.54 Å². The van der Waals surface area contributed by atoms with Crippen molar-refractivity contribution in [2.24, 2.45) is 16.6 Å². The maximum Gasteiger partial charge on any atom is 0.275 e. The van der Waals surface area contributed by atoms with Gasteiger partial charge in [-0.15, -0.1) is 0 Å². The van der Waals surface area contributed by atoms with Gasteiger partial charge in [-0.3, -0.25) is 14.8 Å². The van der Waals surface area contributed by atoms with Crippen LogP contribution < -0.4 is 11.1 Å². The van der Waals surface area contributed by atoms with Gasteiger partial charge in [0.25, 0.3) is 5.91 Å². The predicted molar refractivity (Wildman–Crippen MR) is 104 cm³/mol. The van der Waals surface area contributed by atoms with E-state index in [0.29, 0.717) is 16.4 Å². The van der Waals surface area contributed by atoms with Crippen LogP contribution in [0, 0.1) is 11.7 Å². The van der Waals surface area contributed by atoms with Crippen LogP contribution in [0.1, 0.15) is 41.7 Å². The zero-order chi connectivity index (χ0) is 18.9. The van der Waals surface area contributed by atoms with Crippen molar-refractivity contribution in [3.8, 4) is 0 Å². The van der Waals surface area contributed by atoms with Gasteiger partial charge in [0.2, 0.25) is 0 Å². The first-order valence-corrected chi connectivity index (χ1v) is 9.92. The lowest BCUT2D eigenvalue weighted by molar-refractivity contribution is 0.102. The van der Waals surface area contributed by atoms with Crippen LogP contribution in [0.3, 0.4) is 0 Å². The molecule has 1 aliphatic heterocycles. The molecule has 0 saturated heterocycles. The summed E-state index contributed by atoms with van der Waals surface area (Å²) in [7, 11) is 0. The number of amidine groups is 1. The zero-order valence-electron chi connectivity index (χ0n) is 14.7. The zero-order valence-corrected chi connectivity index (χ0v) is 15.5. The lowest BCUT2D eigenvalue weighted by Crippen LogP contribution is -2.43. The Hall–Kier alpha value is -2.48. The van der Waals surface area contributed by atoms with Crippen LogP contribution in [-0.4, -0.2) is 26.8 Å². The molecule has 27 heavy (non-hydrogen) atoms. The maximum absolute atomic E-state index is 14.9. The van der Waals surface area contributed by atoms with Crippen LogP contribution in [0.25, 0.3) is 0 Å². The SMILES string of the molecule is NC1=NC2(c3cc(NC(=O)c4cnccn4)ccc3F)CCCCC2CS1. The lowest BCUT2D eigenvalue weighted by Gasteiger charge is -2.44. The number of carbonyl (C=O) groups is 1. The van der Waals surface area contributed by atoms with E-state index in [2.05, 4.69) is 15.3 Å². The van der Waals surface area contributed by atoms with Gasteiger partial charge in [0.05, 0.1) is 11.7 Å². The number of rotatable bonds is 3. The van der Waals surface area contributed by atoms with Gasteiger partial charge >= 0.3 is 0 Å². The molecule has 0 radical (unpaired) electrons. The molecule has 1 saturated carbocycles. The van der Waals surface area contributed by atoms with E-state index in [4.69, 9.17) is 10.7 Å². The highest BCUT2D eigenvalue weighted by atomic mass is 32.2. The van der Waals surface area contributed by atoms with E-state index >= 15 is 0 Å². The number of anilines is 1. The molecule has 2 aliphatic rings. The number of nitrogens with one attached hydrogen (secondary N) is 1. The summed E-state index contributed by atoms with van der Waals surface area (Å²) in [5.74, 6) is 0.373. The summed E-state index contributed by atoms with van der Waals surface area (Å²) in [5, 5.41) is 3.28. The number of nitrogens with two attached hydrogens (primary N) is 1. The summed E-state index contributed by atoms with van der Waals surface area (Å²) < 4.78 is 14.9. The molecule has 140 valence electrons. The van der Waals surface area contributed by atoms with Gasteiger partial charge in [-0.25, -0.2) is 9.37 Å². The summed E-state index contributed by atoms with van der Waals surface area (Å²) in [4.78, 5) is 25.0. The molecule has 2 heterocycles. The van der Waals surface area contributed by atoms with Gasteiger partial charge in [0, 0.05) is 29.4 Å². The number of aromatic nitrogens is 2. The fraction of sp³-hybridized carbons (Fsp3) is 0.368. The quantitative estimate of drug-likeness (QED) is 0.845. The molecule has 0 bridgehead atoms. The molecule has 2 atom stereocenters. The second-order valence-electron chi connectivity index (χ2n) is 6.87. The second kappa shape index (κ2) is 7.26. The first-order chi connectivity index (χ1) is 13.1. The van der Waals surface area contributed by atoms with Gasteiger partial charge in [-0.1, -0.05) is 24.6 Å². The average Bonchev–Trinajstić information content (AvgIpc) is 2.69. The Bertz CT molecular complexity index is 891. The number of halogens is 1. The van der Waals surface area contributed by atoms with Crippen molar-refractivity contribution in [2.45, 2.75) is 31.2 Å². The highest BCUT2D eigenvalue weighted by molar-refractivity contribution is 8.13. The number of benzene rings is 1. The lowest BCUT2D eigenvalue weighted by atomic mass is 9.69. The fourth-order valence-corrected chi connectivity index (χ4v) is 5.01. The van der Waals surface area contributed by atoms with Crippen LogP contribution >= 0.6 is 11.8 Å². The summed E-state index contributed by atoms with van der Waals surface area (Å²) in [6.45, 7) is 0. The maximum atomic E-state index is 14.9. The number of aliphatic imine (C=N–C) groups is 1. The first kappa shape index (κ1) is 17.9. The monoisotopic (exact) mass is 385 g/mol. The smallest absolute Gasteiger partial charge is 0.275 e. The second-order valence-corrected chi connectivity index (χ2v) is 7.91. The van der Waals surface area contributed by atoms with E-state index in [1.165, 1.54) is 36.4 Å². The highest BCUT2D eigenvalue weighted by Crippen LogP contribution is 2.50. The van der Waals surface area contributed by atoms with Crippen molar-refractivity contribution >= 4 is 28.5 Å². The van der Waals surface area contributed by atoms with Crippen LogP contribution in [0.2, 0.25) is 0 Å². The molecule has 2 aromatic rings. The number of nitrogens with zero attached hydrogens (tertiary/aromatic N) is 3. The molecule has 1 fully saturated rings. The molecule has 4 rings (SSSR count). The highest BCUT2D eigenvalue weighted by Gasteiger charge is 2.46. The van der Waals surface area contributed by atoms with Gasteiger partial charge in [0.15, 0.2) is 5.17 Å². The first-order valence-electron chi connectivity index (χ1n) is 8.94. The predicted octanol–water partition coefficient (Wildman–Crippen LogP) is 3.32. The topological polar surface area (TPSA) is 93.3 Å². The third-order valence-electron chi connectivity index (χ3n) is 5.26. The van der Waals surface area contributed by atoms with Gasteiger partial charge in [-0.2, -0.15) is 0 Å². The van der Waals surface area contributed by atoms with E-state index in [1.807, 2.05) is 0 Å². The van der Waals surface area contributed by atoms with E-state index in [1.54, 1.807) is 12.1 Å². The summed E-state index contributed by atoms with van der Waals surface area (Å²) in [5.41, 5.74) is 6.58. The Morgan fingerprint density at radius 1 is 1.33 bits per heavy atom. The molecule has 0 spiro atoms. The van der Waals surface area contributed by atoms with Crippen molar-refractivity contribution < 1.29 is 9.18 Å². The van der Waals surface area contributed by atoms with Crippen molar-refractivity contribution in [1.82, 2.24) is 9.97 Å². The molecular weight excluding hydrogens is 365 g/mol. The molecule has 1 aromatic heterocycles. The molecular formula is C19H20FN5OS. The van der Waals surface area contributed by atoms with Gasteiger partial charge in [0.1, 0.15) is 11.5 Å². The van der Waals surface area contributed by atoms with Crippen LogP contribution in [0.5, 0.6) is 0 Å². The third-order valence-corrected chi connectivity index (χ3v) is 6.22. The molecule has 2 unspecified atom stereocenters. The van der Waals surface area contributed by atoms with Crippen molar-refractivity contribution in [3.05, 3.63) is 53.9 Å². The number of hydrogen-bond acceptors (Lipinski definition) is 6. The van der Waals surface area contributed by atoms with E-state index in [0.717, 1.165) is 31.4 Å². The normalized spacial score (nSPS) is 24.6. The minimum Gasteiger partial charge on any atom is -0.379 e. The number of fused-ring (bicyclic) bond motifs is 1. The molecule has 8 heteroatoms. The van der Waals surface area contributed by atoms with Crippen molar-refractivity contribution in [3.63, 3.8) is 0 Å². The number of thioether (sulfide) groups is 1. The molecule has 1 aromatic carbocycles. The Labute approximate surface area is 160 Å². The minimum absolute atomic E-state index is 0.202. The van der Waals surface area contributed by atoms with Crippen LogP contribution in [0.15, 0.2) is 41.8 Å². The number of hydrogen-bond donors (Lipinski definition) is 2. The summed E-state index contributed by atoms with van der Waals surface area (Å²) in [6, 6.07) is 4.62. The molecule has 1 amide bonds. The number of carbonyl (C=O) groups excluding carboxylic acids is 1. The fourth-order valence-electron chi connectivity index (χ4n) is 3.97. The largest absolute Gasteiger partial charge is 0.379 e. The Morgan fingerprint density at radius 3 is 3.04 bits per heavy atom. The average molecular weight is 385 g/mol. The van der Waals surface area contributed by atoms with Crippen LogP contribution in [0.4, 0.5) is 10.1 Å². The van der Waals surface area contributed by atoms with E-state index in [-0.39, 0.29) is 23.3 Å². The van der Waals surface area contributed by atoms with Crippen LogP contribution in [-0.2, 0) is 5.54 Å². The molecule has 3 N–H and O–H groups in total. The number of amides is 1. The summed E-state index contributed by atoms with van der Waals surface area (Å²) >= 11 is 1.54. The van der Waals surface area contributed by atoms with Gasteiger partial charge in [-0.05, 0) is 37.0 Å². The Kier molecular flexibility index (Phi) is 4.82. The Balaban J connectivity index is 1.70. The molecule has 1 aliphatic carbocycles. The van der Waals surface area contributed by atoms with Crippen molar-refractivity contribution in [1.29, 1.82) is 0 Å². The van der Waals surface area contributed by atoms with Crippen molar-refractivity contribution in [2.75, 3.05) is 11.1 Å². The Morgan fingerprint density at radius 2 is 2.22 bits per heavy atom. The van der Waals surface area contributed by atoms with Gasteiger partial charge < -0.3 is 11.1 Å². The minimum atomic E-state index is -0.648. The summed E-state index contributed by atoms with van der Waals surface area (Å²) in [6.07, 6.45) is 8.20. The third kappa shape index (κ3) is 3.41. The standard InChI is InChI=1S/C19H20FN5OS/c20-15-5-4-13(24-17(26)16-10-22-7-8-23-16)9-14(15)19-6-2-1-3-12(19)11-27-18(21)25-19/h4-5,7-10,12H,1-3,6,11H2,(H2,21,25)(H,24,26).